The van der Waals surface area contributed by atoms with Crippen LogP contribution in [0.5, 0.6) is 5.75 Å². The highest BCUT2D eigenvalue weighted by Crippen LogP contribution is 2.26. The van der Waals surface area contributed by atoms with Crippen LogP contribution in [0, 0.1) is 13.8 Å². The lowest BCUT2D eigenvalue weighted by molar-refractivity contribution is 0.413. The van der Waals surface area contributed by atoms with Crippen LogP contribution in [0.25, 0.3) is 28.9 Å². The van der Waals surface area contributed by atoms with Gasteiger partial charge in [0.05, 0.1) is 35.9 Å². The third-order valence-electron chi connectivity index (χ3n) is 5.74. The number of fused-ring (bicyclic) bond motifs is 1. The van der Waals surface area contributed by atoms with E-state index in [9.17, 15) is 0 Å². The topological polar surface area (TPSA) is 44.9 Å². The lowest BCUT2D eigenvalue weighted by atomic mass is 10.1. The van der Waals surface area contributed by atoms with Gasteiger partial charge in [0, 0.05) is 12.7 Å². The van der Waals surface area contributed by atoms with Gasteiger partial charge in [-0.3, -0.25) is 0 Å². The van der Waals surface area contributed by atoms with Gasteiger partial charge in [-0.25, -0.2) is 9.97 Å². The lowest BCUT2D eigenvalue weighted by Crippen LogP contribution is -2.02. The number of imidazole rings is 2. The standard InChI is InChI=1S/C28H26N4O/c1-20-9-12-25-24(15-20)30-28(32(25)18-23-7-5-4-6-8-23)14-11-22-10-13-26(27(16-22)33-3)31-17-21(2)29-19-31/h4-17,19H,18H2,1-3H3/b14-11+. The first-order valence-corrected chi connectivity index (χ1v) is 11.0. The predicted octanol–water partition coefficient (Wildman–Crippen LogP) is 6.07. The number of hydrogen-bond donors (Lipinski definition) is 0. The summed E-state index contributed by atoms with van der Waals surface area (Å²) in [6.07, 6.45) is 7.95. The highest BCUT2D eigenvalue weighted by Gasteiger charge is 2.10. The summed E-state index contributed by atoms with van der Waals surface area (Å²) in [6.45, 7) is 4.84. The summed E-state index contributed by atoms with van der Waals surface area (Å²) in [4.78, 5) is 9.25. The molecule has 164 valence electrons. The minimum Gasteiger partial charge on any atom is -0.495 e. The molecule has 0 radical (unpaired) electrons. The summed E-state index contributed by atoms with van der Waals surface area (Å²) in [5, 5.41) is 0. The van der Waals surface area contributed by atoms with Crippen molar-refractivity contribution in [3.05, 3.63) is 107 Å². The van der Waals surface area contributed by atoms with Gasteiger partial charge in [0.2, 0.25) is 0 Å². The summed E-state index contributed by atoms with van der Waals surface area (Å²) in [5.41, 5.74) is 7.56. The van der Waals surface area contributed by atoms with E-state index < -0.39 is 0 Å². The van der Waals surface area contributed by atoms with Crippen molar-refractivity contribution in [1.29, 1.82) is 0 Å². The molecule has 5 rings (SSSR count). The first kappa shape index (κ1) is 20.8. The van der Waals surface area contributed by atoms with E-state index in [1.165, 1.54) is 11.1 Å². The maximum Gasteiger partial charge on any atom is 0.143 e. The number of benzene rings is 3. The van der Waals surface area contributed by atoms with E-state index in [2.05, 4.69) is 83.2 Å². The first-order chi connectivity index (χ1) is 16.1. The molecule has 5 nitrogen and oxygen atoms in total. The molecule has 0 fully saturated rings. The van der Waals surface area contributed by atoms with E-state index in [1.54, 1.807) is 13.4 Å². The summed E-state index contributed by atoms with van der Waals surface area (Å²) < 4.78 is 9.90. The molecule has 0 atom stereocenters. The van der Waals surface area contributed by atoms with Gasteiger partial charge in [0.15, 0.2) is 0 Å². The van der Waals surface area contributed by atoms with E-state index >= 15 is 0 Å². The normalized spacial score (nSPS) is 11.5. The molecule has 0 saturated heterocycles. The minimum atomic E-state index is 0.766. The van der Waals surface area contributed by atoms with Gasteiger partial charge >= 0.3 is 0 Å². The second-order valence-electron chi connectivity index (χ2n) is 8.22. The fourth-order valence-corrected chi connectivity index (χ4v) is 4.05. The van der Waals surface area contributed by atoms with E-state index in [4.69, 9.17) is 9.72 Å². The van der Waals surface area contributed by atoms with Crippen molar-refractivity contribution in [1.82, 2.24) is 19.1 Å². The number of aryl methyl sites for hydroxylation is 2. The van der Waals surface area contributed by atoms with Crippen LogP contribution in [0.2, 0.25) is 0 Å². The monoisotopic (exact) mass is 434 g/mol. The minimum absolute atomic E-state index is 0.766. The Kier molecular flexibility index (Phi) is 5.53. The van der Waals surface area contributed by atoms with Crippen LogP contribution in [0.3, 0.4) is 0 Å². The Labute approximate surface area is 193 Å². The molecular weight excluding hydrogens is 408 g/mol. The Bertz CT molecular complexity index is 1440. The molecule has 3 aromatic carbocycles. The van der Waals surface area contributed by atoms with Crippen LogP contribution in [-0.4, -0.2) is 26.2 Å². The van der Waals surface area contributed by atoms with Gasteiger partial charge in [0.25, 0.3) is 0 Å². The molecule has 0 saturated carbocycles. The maximum atomic E-state index is 5.66. The second-order valence-corrected chi connectivity index (χ2v) is 8.22. The molecule has 0 bridgehead atoms. The quantitative estimate of drug-likeness (QED) is 0.326. The molecule has 2 aromatic heterocycles. The van der Waals surface area contributed by atoms with Crippen LogP contribution in [0.1, 0.15) is 28.2 Å². The molecule has 0 unspecified atom stereocenters. The molecule has 0 spiro atoms. The summed E-state index contributed by atoms with van der Waals surface area (Å²) in [6, 6.07) is 23.1. The summed E-state index contributed by atoms with van der Waals surface area (Å²) >= 11 is 0. The number of rotatable bonds is 6. The maximum absolute atomic E-state index is 5.66. The van der Waals surface area contributed by atoms with Gasteiger partial charge in [-0.15, -0.1) is 0 Å². The Hall–Kier alpha value is -4.12. The highest BCUT2D eigenvalue weighted by molar-refractivity contribution is 5.81. The number of hydrogen-bond acceptors (Lipinski definition) is 3. The lowest BCUT2D eigenvalue weighted by Gasteiger charge is -2.10. The van der Waals surface area contributed by atoms with Crippen molar-refractivity contribution in [3.63, 3.8) is 0 Å². The first-order valence-electron chi connectivity index (χ1n) is 11.0. The third-order valence-corrected chi connectivity index (χ3v) is 5.74. The highest BCUT2D eigenvalue weighted by atomic mass is 16.5. The molecule has 5 aromatic rings. The Morgan fingerprint density at radius 3 is 2.55 bits per heavy atom. The number of methoxy groups -OCH3 is 1. The van der Waals surface area contributed by atoms with Gasteiger partial charge in [-0.1, -0.05) is 48.5 Å². The largest absolute Gasteiger partial charge is 0.495 e. The van der Waals surface area contributed by atoms with Crippen molar-refractivity contribution in [3.8, 4) is 11.4 Å². The smallest absolute Gasteiger partial charge is 0.143 e. The summed E-state index contributed by atoms with van der Waals surface area (Å²) in [7, 11) is 1.69. The Morgan fingerprint density at radius 1 is 0.939 bits per heavy atom. The van der Waals surface area contributed by atoms with Gasteiger partial charge in [-0.05, 0) is 60.9 Å². The average Bonchev–Trinajstić information content (AvgIpc) is 3.41. The Morgan fingerprint density at radius 2 is 1.79 bits per heavy atom. The molecule has 0 aliphatic carbocycles. The fraction of sp³-hybridized carbons (Fsp3) is 0.143. The van der Waals surface area contributed by atoms with Crippen molar-refractivity contribution in [2.75, 3.05) is 7.11 Å². The van der Waals surface area contributed by atoms with Crippen LogP contribution in [0.15, 0.2) is 79.3 Å². The molecule has 0 N–H and O–H groups in total. The van der Waals surface area contributed by atoms with E-state index in [0.29, 0.717) is 0 Å². The fourth-order valence-electron chi connectivity index (χ4n) is 4.05. The van der Waals surface area contributed by atoms with Crippen molar-refractivity contribution >= 4 is 23.2 Å². The molecule has 2 heterocycles. The molecular formula is C28H26N4O. The van der Waals surface area contributed by atoms with E-state index in [1.807, 2.05) is 29.8 Å². The molecule has 0 aliphatic rings. The van der Waals surface area contributed by atoms with Crippen LogP contribution in [-0.2, 0) is 6.54 Å². The molecule has 5 heteroatoms. The SMILES string of the molecule is COc1cc(/C=C/c2nc3cc(C)ccc3n2Cc2ccccc2)ccc1-n1cnc(C)c1. The Balaban J connectivity index is 1.52. The molecule has 33 heavy (non-hydrogen) atoms. The van der Waals surface area contributed by atoms with E-state index in [-0.39, 0.29) is 0 Å². The number of aromatic nitrogens is 4. The zero-order valence-corrected chi connectivity index (χ0v) is 19.1. The van der Waals surface area contributed by atoms with Crippen molar-refractivity contribution in [2.45, 2.75) is 20.4 Å². The number of nitrogens with zero attached hydrogens (tertiary/aromatic N) is 4. The molecule has 0 amide bonds. The van der Waals surface area contributed by atoms with Crippen molar-refractivity contribution < 1.29 is 4.74 Å². The van der Waals surface area contributed by atoms with E-state index in [0.717, 1.165) is 46.1 Å². The van der Waals surface area contributed by atoms with Gasteiger partial charge < -0.3 is 13.9 Å². The zero-order chi connectivity index (χ0) is 22.8. The second kappa shape index (κ2) is 8.79. The van der Waals surface area contributed by atoms with Crippen LogP contribution >= 0.6 is 0 Å². The predicted molar refractivity (Wildman–Crippen MR) is 134 cm³/mol. The van der Waals surface area contributed by atoms with Crippen LogP contribution in [0.4, 0.5) is 0 Å². The zero-order valence-electron chi connectivity index (χ0n) is 19.1. The molecule has 0 aliphatic heterocycles. The summed E-state index contributed by atoms with van der Waals surface area (Å²) in [5.74, 6) is 1.72. The van der Waals surface area contributed by atoms with Crippen LogP contribution < -0.4 is 4.74 Å². The van der Waals surface area contributed by atoms with Crippen molar-refractivity contribution in [2.24, 2.45) is 0 Å². The third kappa shape index (κ3) is 4.30. The average molecular weight is 435 g/mol. The number of ether oxygens (including phenoxy) is 1. The van der Waals surface area contributed by atoms with Gasteiger partial charge in [0.1, 0.15) is 11.6 Å². The van der Waals surface area contributed by atoms with Gasteiger partial charge in [-0.2, -0.15) is 0 Å².